The van der Waals surface area contributed by atoms with Crippen LogP contribution in [-0.4, -0.2) is 0 Å². The quantitative estimate of drug-likeness (QED) is 0.177. The van der Waals surface area contributed by atoms with E-state index in [0.717, 1.165) is 71.0 Å². The number of hydrogen-bond acceptors (Lipinski definition) is 0. The third-order valence-corrected chi connectivity index (χ3v) is 6.32. The Morgan fingerprint density at radius 3 is 0.280 bits per heavy atom. The second-order valence-electron chi connectivity index (χ2n) is 20.7. The second-order valence-corrected chi connectivity index (χ2v) is 20.7. The fourth-order valence-electron chi connectivity index (χ4n) is 5.99. The lowest BCUT2D eigenvalue weighted by Gasteiger charge is -2.05. The van der Waals surface area contributed by atoms with Crippen LogP contribution < -0.4 is 0 Å². The Bertz CT molecular complexity index is 466. The fourth-order valence-corrected chi connectivity index (χ4v) is 5.99. The molecule has 0 aliphatic rings. The minimum Gasteiger partial charge on any atom is -0.100 e. The summed E-state index contributed by atoms with van der Waals surface area (Å²) in [5, 5.41) is 0. The van der Waals surface area contributed by atoms with Crippen molar-refractivity contribution >= 4 is 0 Å². The predicted molar refractivity (Wildman–Crippen MR) is 243 cm³/mol. The van der Waals surface area contributed by atoms with Gasteiger partial charge < -0.3 is 0 Å². The van der Waals surface area contributed by atoms with E-state index in [4.69, 9.17) is 0 Å². The molecule has 0 rings (SSSR count). The van der Waals surface area contributed by atoms with Gasteiger partial charge in [-0.2, -0.15) is 0 Å². The van der Waals surface area contributed by atoms with Gasteiger partial charge in [0.05, 0.1) is 0 Å². The van der Waals surface area contributed by atoms with E-state index in [9.17, 15) is 0 Å². The van der Waals surface area contributed by atoms with Crippen molar-refractivity contribution in [2.24, 2.45) is 82.9 Å². The molecule has 0 bridgehead atoms. The highest BCUT2D eigenvalue weighted by atomic mass is 14.0. The van der Waals surface area contributed by atoms with Gasteiger partial charge in [-0.05, 0) is 110 Å². The Hall–Kier alpha value is -0.440. The number of rotatable bonds is 12. The molecule has 0 radical (unpaired) electrons. The normalized spacial score (nSPS) is 10.8. The summed E-state index contributed by atoms with van der Waals surface area (Å²) in [5.74, 6) is 17.7. The van der Waals surface area contributed by atoms with Crippen molar-refractivity contribution in [3.05, 3.63) is 0 Å². The molecular weight excluding hydrogens is 601 g/mol. The summed E-state index contributed by atoms with van der Waals surface area (Å²) in [6, 6.07) is 0. The summed E-state index contributed by atoms with van der Waals surface area (Å²) >= 11 is 0. The van der Waals surface area contributed by atoms with Crippen LogP contribution >= 0.6 is 0 Å². The summed E-state index contributed by atoms with van der Waals surface area (Å²) < 4.78 is 0. The van der Waals surface area contributed by atoms with Crippen molar-refractivity contribution in [3.63, 3.8) is 0 Å². The highest BCUT2D eigenvalue weighted by Crippen LogP contribution is 2.11. The van der Waals surface area contributed by atoms with Gasteiger partial charge in [-0.1, -0.05) is 194 Å². The summed E-state index contributed by atoms with van der Waals surface area (Å²) in [7, 11) is 0. The minimum absolute atomic E-state index is 0.525. The van der Waals surface area contributed by atoms with Crippen LogP contribution in [0, 0.1) is 94.7 Å². The first kappa shape index (κ1) is 64.5. The molecule has 0 nitrogen and oxygen atoms in total. The smallest absolute Gasteiger partial charge is 0.0146 e. The maximum Gasteiger partial charge on any atom is 0.0146 e. The van der Waals surface area contributed by atoms with E-state index in [1.165, 1.54) is 38.5 Å². The van der Waals surface area contributed by atoms with E-state index in [0.29, 0.717) is 11.8 Å². The van der Waals surface area contributed by atoms with Crippen LogP contribution in [0.5, 0.6) is 0 Å². The summed E-state index contributed by atoms with van der Waals surface area (Å²) in [6.07, 6.45) is 8.17. The van der Waals surface area contributed by atoms with Gasteiger partial charge in [0.2, 0.25) is 0 Å². The maximum absolute atomic E-state index is 3.09. The van der Waals surface area contributed by atoms with Crippen LogP contribution in [0.25, 0.3) is 0 Å². The van der Waals surface area contributed by atoms with Gasteiger partial charge in [0.25, 0.3) is 0 Å². The molecule has 0 spiro atoms. The van der Waals surface area contributed by atoms with Gasteiger partial charge in [-0.25, -0.2) is 0 Å². The molecule has 0 aromatic heterocycles. The molecular formula is C50H110. The van der Waals surface area contributed by atoms with E-state index >= 15 is 0 Å². The van der Waals surface area contributed by atoms with E-state index in [-0.39, 0.29) is 0 Å². The summed E-state index contributed by atoms with van der Waals surface area (Å²) in [6.45, 7) is 62.8. The molecule has 0 fully saturated rings. The lowest BCUT2D eigenvalue weighted by Crippen LogP contribution is -1.93. The Morgan fingerprint density at radius 1 is 0.180 bits per heavy atom. The zero-order valence-corrected chi connectivity index (χ0v) is 41.3. The molecule has 0 heteroatoms. The van der Waals surface area contributed by atoms with Crippen LogP contribution in [0.2, 0.25) is 0 Å². The van der Waals surface area contributed by atoms with Gasteiger partial charge >= 0.3 is 0 Å². The van der Waals surface area contributed by atoms with Gasteiger partial charge in [-0.3, -0.25) is 0 Å². The molecule has 0 amide bonds. The average molecular weight is 711 g/mol. The van der Waals surface area contributed by atoms with Gasteiger partial charge in [-0.15, -0.1) is 11.8 Å². The van der Waals surface area contributed by atoms with Crippen LogP contribution in [-0.2, 0) is 0 Å². The molecule has 0 aromatic rings. The molecule has 0 N–H and O–H groups in total. The van der Waals surface area contributed by atoms with Crippen molar-refractivity contribution in [2.45, 2.75) is 232 Å². The van der Waals surface area contributed by atoms with Crippen molar-refractivity contribution < 1.29 is 0 Å². The lowest BCUT2D eigenvalue weighted by molar-refractivity contribution is 0.469. The van der Waals surface area contributed by atoms with E-state index in [2.05, 4.69) is 206 Å². The Labute approximate surface area is 326 Å². The van der Waals surface area contributed by atoms with Crippen LogP contribution in [0.3, 0.4) is 0 Å². The Kier molecular flexibility index (Phi) is 57.7. The first-order valence-corrected chi connectivity index (χ1v) is 21.9. The Balaban J connectivity index is -0.0000000863. The van der Waals surface area contributed by atoms with Gasteiger partial charge in [0.1, 0.15) is 0 Å². The van der Waals surface area contributed by atoms with Crippen LogP contribution in [0.15, 0.2) is 0 Å². The van der Waals surface area contributed by atoms with Crippen molar-refractivity contribution in [3.8, 4) is 11.8 Å². The third-order valence-electron chi connectivity index (χ3n) is 6.32. The highest BCUT2D eigenvalue weighted by Gasteiger charge is 1.99. The van der Waals surface area contributed by atoms with Gasteiger partial charge in [0.15, 0.2) is 0 Å². The minimum atomic E-state index is 0.525. The van der Waals surface area contributed by atoms with E-state index in [1.54, 1.807) is 0 Å². The first-order valence-electron chi connectivity index (χ1n) is 21.9. The summed E-state index contributed by atoms with van der Waals surface area (Å²) in [4.78, 5) is 0. The monoisotopic (exact) mass is 711 g/mol. The topological polar surface area (TPSA) is 0 Å². The van der Waals surface area contributed by atoms with Crippen molar-refractivity contribution in [1.82, 2.24) is 0 Å². The molecule has 0 atom stereocenters. The van der Waals surface area contributed by atoms with Crippen LogP contribution in [0.1, 0.15) is 232 Å². The lowest BCUT2D eigenvalue weighted by atomic mass is 10.0. The summed E-state index contributed by atoms with van der Waals surface area (Å²) in [5.41, 5.74) is 0. The largest absolute Gasteiger partial charge is 0.100 e. The molecule has 0 aromatic carbocycles. The SMILES string of the molecule is CC(C)C#CC(C)C.CC(C)CC(C)C.CC(C)CC(C)C.CC(C)CC(C)C.CC(C)CC(C)C.CC(C)CC(C)C.CC(C)CC(C)C. The standard InChI is InChI=1S/C8H14.6C7H16/c1-7(2)5-6-8(3)4;6*1-6(2)5-7(3)4/h7-8H,1-4H3;6*6-7H,5H2,1-4H3. The molecule has 0 unspecified atom stereocenters. The number of hydrogen-bond donors (Lipinski definition) is 0. The molecule has 0 aliphatic heterocycles. The molecule has 0 saturated carbocycles. The zero-order valence-electron chi connectivity index (χ0n) is 41.3. The maximum atomic E-state index is 3.09. The highest BCUT2D eigenvalue weighted by molar-refractivity contribution is 5.03. The molecule has 0 saturated heterocycles. The zero-order chi connectivity index (χ0) is 41.7. The Morgan fingerprint density at radius 2 is 0.260 bits per heavy atom. The third kappa shape index (κ3) is 126. The molecule has 0 heterocycles. The molecule has 310 valence electrons. The van der Waals surface area contributed by atoms with Crippen LogP contribution in [0.4, 0.5) is 0 Å². The average Bonchev–Trinajstić information content (AvgIpc) is 2.80. The molecule has 0 aliphatic carbocycles. The van der Waals surface area contributed by atoms with E-state index in [1.807, 2.05) is 0 Å². The van der Waals surface area contributed by atoms with Crippen molar-refractivity contribution in [1.29, 1.82) is 0 Å². The van der Waals surface area contributed by atoms with Crippen molar-refractivity contribution in [2.75, 3.05) is 0 Å². The second kappa shape index (κ2) is 44.7. The van der Waals surface area contributed by atoms with Gasteiger partial charge in [0, 0.05) is 11.8 Å². The fraction of sp³-hybridized carbons (Fsp3) is 0.960. The molecule has 50 heavy (non-hydrogen) atoms. The first-order chi connectivity index (χ1) is 22.4. The van der Waals surface area contributed by atoms with E-state index < -0.39 is 0 Å². The predicted octanol–water partition coefficient (Wildman–Crippen LogP) is 18.4.